The van der Waals surface area contributed by atoms with Crippen LogP contribution in [-0.2, 0) is 19.1 Å². The number of ether oxygens (including phenoxy) is 1. The zero-order chi connectivity index (χ0) is 30.2. The highest BCUT2D eigenvalue weighted by molar-refractivity contribution is 5.74. The first-order valence-electron chi connectivity index (χ1n) is 16.3. The van der Waals surface area contributed by atoms with Gasteiger partial charge in [-0.05, 0) is 117 Å². The molecule has 4 saturated carbocycles. The molecule has 0 aromatic rings. The summed E-state index contributed by atoms with van der Waals surface area (Å²) in [4.78, 5) is 35.9. The summed E-state index contributed by atoms with van der Waals surface area (Å²) in [5, 5.41) is 19.1. The molecule has 5 aliphatic rings. The largest absolute Gasteiger partial charge is 0.481 e. The van der Waals surface area contributed by atoms with Gasteiger partial charge in [0.2, 0.25) is 0 Å². The minimum atomic E-state index is -0.878. The lowest BCUT2D eigenvalue weighted by atomic mass is 9.33. The van der Waals surface area contributed by atoms with Crippen LogP contribution in [-0.4, -0.2) is 34.2 Å². The number of allylic oxidation sites excluding steroid dienone is 2. The maximum Gasteiger partial charge on any atom is 0.309 e. The molecule has 0 saturated heterocycles. The number of carbonyl (C=O) groups is 3. The van der Waals surface area contributed by atoms with Crippen LogP contribution in [0.1, 0.15) is 132 Å². The molecule has 6 nitrogen and oxygen atoms in total. The Balaban J connectivity index is 1.41. The van der Waals surface area contributed by atoms with Crippen molar-refractivity contribution in [2.75, 3.05) is 0 Å². The number of carboxylic acids is 2. The normalized spacial score (nSPS) is 46.6. The van der Waals surface area contributed by atoms with Gasteiger partial charge in [0.25, 0.3) is 0 Å². The number of aliphatic carboxylic acids is 2. The molecule has 0 amide bonds. The van der Waals surface area contributed by atoms with Crippen molar-refractivity contribution >= 4 is 17.9 Å². The van der Waals surface area contributed by atoms with Crippen LogP contribution in [0.3, 0.4) is 0 Å². The third-order valence-corrected chi connectivity index (χ3v) is 14.3. The molecule has 230 valence electrons. The summed E-state index contributed by atoms with van der Waals surface area (Å²) in [6, 6.07) is 0. The molecule has 0 heterocycles. The van der Waals surface area contributed by atoms with Gasteiger partial charge in [-0.1, -0.05) is 53.2 Å². The molecule has 0 bridgehead atoms. The summed E-state index contributed by atoms with van der Waals surface area (Å²) in [6.45, 7) is 16.6. The average Bonchev–Trinajstić information content (AvgIpc) is 2.87. The zero-order valence-electron chi connectivity index (χ0n) is 26.6. The van der Waals surface area contributed by atoms with Crippen molar-refractivity contribution in [3.05, 3.63) is 11.6 Å². The van der Waals surface area contributed by atoms with E-state index < -0.39 is 17.4 Å². The topological polar surface area (TPSA) is 101 Å². The molecule has 6 heteroatoms. The molecule has 41 heavy (non-hydrogen) atoms. The second kappa shape index (κ2) is 9.84. The quantitative estimate of drug-likeness (QED) is 0.248. The lowest BCUT2D eigenvalue weighted by Gasteiger charge is -2.71. The summed E-state index contributed by atoms with van der Waals surface area (Å²) in [7, 11) is 0. The average molecular weight is 571 g/mol. The maximum atomic E-state index is 12.7. The van der Waals surface area contributed by atoms with Gasteiger partial charge in [-0.2, -0.15) is 0 Å². The predicted molar refractivity (Wildman–Crippen MR) is 158 cm³/mol. The van der Waals surface area contributed by atoms with E-state index in [2.05, 4.69) is 47.6 Å². The van der Waals surface area contributed by atoms with E-state index in [1.165, 1.54) is 12.8 Å². The van der Waals surface area contributed by atoms with Gasteiger partial charge >= 0.3 is 17.9 Å². The van der Waals surface area contributed by atoms with Gasteiger partial charge in [-0.3, -0.25) is 14.4 Å². The molecule has 4 fully saturated rings. The van der Waals surface area contributed by atoms with Crippen LogP contribution in [0.5, 0.6) is 0 Å². The van der Waals surface area contributed by atoms with Gasteiger partial charge < -0.3 is 14.9 Å². The Morgan fingerprint density at radius 1 is 0.854 bits per heavy atom. The molecule has 2 N–H and O–H groups in total. The van der Waals surface area contributed by atoms with Crippen molar-refractivity contribution in [3.63, 3.8) is 0 Å². The molecule has 1 unspecified atom stereocenters. The molecule has 0 aromatic heterocycles. The van der Waals surface area contributed by atoms with E-state index >= 15 is 0 Å². The van der Waals surface area contributed by atoms with Crippen LogP contribution in [0.15, 0.2) is 11.6 Å². The van der Waals surface area contributed by atoms with Crippen LogP contribution in [0.25, 0.3) is 0 Å². The number of hydrogen-bond donors (Lipinski definition) is 2. The maximum absolute atomic E-state index is 12.7. The predicted octanol–water partition coefficient (Wildman–Crippen LogP) is 8.04. The zero-order valence-corrected chi connectivity index (χ0v) is 26.6. The van der Waals surface area contributed by atoms with Crippen molar-refractivity contribution in [2.24, 2.45) is 50.2 Å². The fraction of sp³-hybridized carbons (Fsp3) is 0.857. The number of hydrogen-bond acceptors (Lipinski definition) is 4. The second-order valence-corrected chi connectivity index (χ2v) is 16.7. The van der Waals surface area contributed by atoms with Crippen LogP contribution >= 0.6 is 0 Å². The van der Waals surface area contributed by atoms with Crippen LogP contribution in [0.4, 0.5) is 0 Å². The Morgan fingerprint density at radius 3 is 2.20 bits per heavy atom. The first kappa shape index (κ1) is 30.6. The van der Waals surface area contributed by atoms with E-state index in [0.29, 0.717) is 24.2 Å². The molecule has 9 atom stereocenters. The lowest BCUT2D eigenvalue weighted by molar-refractivity contribution is -0.213. The lowest BCUT2D eigenvalue weighted by Crippen LogP contribution is -2.64. The highest BCUT2D eigenvalue weighted by Gasteiger charge is 2.68. The van der Waals surface area contributed by atoms with Gasteiger partial charge in [-0.25, -0.2) is 0 Å². The SMILES string of the molecule is CC1(C)C(OC(=O)CCCC(=O)O)CC[C@]2(C)[C@H]3CC=C4[C@@H]5C[C@@](C)(C(=O)O)CC[C@]5(C)CC[C@@]4(C)[C@]3(C)CC[C@@H]12. The highest BCUT2D eigenvalue weighted by atomic mass is 16.5. The van der Waals surface area contributed by atoms with Gasteiger partial charge in [0, 0.05) is 18.3 Å². The van der Waals surface area contributed by atoms with E-state index in [1.54, 1.807) is 5.57 Å². The van der Waals surface area contributed by atoms with E-state index in [4.69, 9.17) is 9.84 Å². The van der Waals surface area contributed by atoms with Crippen molar-refractivity contribution in [1.82, 2.24) is 0 Å². The van der Waals surface area contributed by atoms with Gasteiger partial charge in [0.05, 0.1) is 5.41 Å². The van der Waals surface area contributed by atoms with Gasteiger partial charge in [0.15, 0.2) is 0 Å². The summed E-state index contributed by atoms with van der Waals surface area (Å²) >= 11 is 0. The third-order valence-electron chi connectivity index (χ3n) is 14.3. The Hall–Kier alpha value is -1.85. The summed E-state index contributed by atoms with van der Waals surface area (Å²) < 4.78 is 6.07. The minimum absolute atomic E-state index is 0.00600. The number of rotatable bonds is 6. The minimum Gasteiger partial charge on any atom is -0.481 e. The third kappa shape index (κ3) is 4.51. The standard InChI is InChI=1S/C35H54O6/c1-30(2)24-13-16-35(7)25(33(24,5)15-14-26(30)41-28(38)10-8-9-27(36)37)12-11-22-23-21-32(4,29(39)40)18-17-31(23,3)19-20-34(22,35)6/h11,23-26H,8-10,12-21H2,1-7H3,(H,36,37)(H,39,40)/t23-,24-,25+,26?,31+,32-,33-,34+,35+/m0/s1. The highest BCUT2D eigenvalue weighted by Crippen LogP contribution is 2.75. The number of carbonyl (C=O) groups excluding carboxylic acids is 1. The van der Waals surface area contributed by atoms with Crippen molar-refractivity contribution in [3.8, 4) is 0 Å². The van der Waals surface area contributed by atoms with Crippen LogP contribution in [0, 0.1) is 50.2 Å². The second-order valence-electron chi connectivity index (χ2n) is 16.7. The van der Waals surface area contributed by atoms with E-state index in [9.17, 15) is 19.5 Å². The monoisotopic (exact) mass is 570 g/mol. The first-order valence-corrected chi connectivity index (χ1v) is 16.3. The first-order chi connectivity index (χ1) is 18.9. The summed E-state index contributed by atoms with van der Waals surface area (Å²) in [6.07, 6.45) is 13.0. The number of carboxylic acid groups (broad SMARTS) is 2. The molecule has 5 rings (SSSR count). The fourth-order valence-electron chi connectivity index (χ4n) is 11.3. The number of fused-ring (bicyclic) bond motifs is 7. The fourth-order valence-corrected chi connectivity index (χ4v) is 11.3. The Labute approximate surface area is 247 Å². The molecular formula is C35H54O6. The molecule has 0 spiro atoms. The Bertz CT molecular complexity index is 1140. The summed E-state index contributed by atoms with van der Waals surface area (Å²) in [5.74, 6) is -0.465. The van der Waals surface area contributed by atoms with Crippen molar-refractivity contribution in [1.29, 1.82) is 0 Å². The van der Waals surface area contributed by atoms with Crippen LogP contribution < -0.4 is 0 Å². The molecule has 5 aliphatic carbocycles. The molecule has 0 aromatic carbocycles. The molecule has 0 radical (unpaired) electrons. The summed E-state index contributed by atoms with van der Waals surface area (Å²) in [5.41, 5.74) is 1.33. The van der Waals surface area contributed by atoms with Crippen molar-refractivity contribution < 1.29 is 29.3 Å². The van der Waals surface area contributed by atoms with Crippen LogP contribution in [0.2, 0.25) is 0 Å². The van der Waals surface area contributed by atoms with E-state index in [0.717, 1.165) is 51.4 Å². The van der Waals surface area contributed by atoms with E-state index in [1.807, 2.05) is 6.92 Å². The molecule has 0 aliphatic heterocycles. The smallest absolute Gasteiger partial charge is 0.309 e. The van der Waals surface area contributed by atoms with Gasteiger partial charge in [-0.15, -0.1) is 0 Å². The molecular weight excluding hydrogens is 516 g/mol. The van der Waals surface area contributed by atoms with Gasteiger partial charge in [0.1, 0.15) is 6.10 Å². The Morgan fingerprint density at radius 2 is 1.54 bits per heavy atom. The number of esters is 1. The Kier molecular flexibility index (Phi) is 7.34. The van der Waals surface area contributed by atoms with Crippen molar-refractivity contribution in [2.45, 2.75) is 138 Å². The van der Waals surface area contributed by atoms with E-state index in [-0.39, 0.29) is 52.0 Å².